The van der Waals surface area contributed by atoms with Crippen LogP contribution in [-0.2, 0) is 15.9 Å². The quantitative estimate of drug-likeness (QED) is 0.240. The number of amides is 2. The summed E-state index contributed by atoms with van der Waals surface area (Å²) in [4.78, 5) is 21.8. The van der Waals surface area contributed by atoms with Crippen LogP contribution < -0.4 is 20.5 Å². The minimum Gasteiger partial charge on any atom is -0.508 e. The summed E-state index contributed by atoms with van der Waals surface area (Å²) < 4.78 is 23.5. The van der Waals surface area contributed by atoms with E-state index in [0.29, 0.717) is 34.7 Å². The molecule has 2 aromatic rings. The van der Waals surface area contributed by atoms with Gasteiger partial charge in [-0.15, -0.1) is 0 Å². The van der Waals surface area contributed by atoms with E-state index in [4.69, 9.17) is 28.8 Å². The molecule has 6 N–H and O–H groups in total. The highest BCUT2D eigenvalue weighted by atomic mass is 16.7. The van der Waals surface area contributed by atoms with Gasteiger partial charge < -0.3 is 45.3 Å². The third-order valence-corrected chi connectivity index (χ3v) is 7.04. The van der Waals surface area contributed by atoms with E-state index >= 15 is 0 Å². The monoisotopic (exact) mass is 626 g/mol. The molecule has 1 fully saturated rings. The molecule has 4 rings (SSSR count). The van der Waals surface area contributed by atoms with E-state index in [0.717, 1.165) is 11.1 Å². The van der Waals surface area contributed by atoms with Crippen LogP contribution in [0.25, 0.3) is 6.08 Å². The highest BCUT2D eigenvalue weighted by Gasteiger charge is 2.49. The van der Waals surface area contributed by atoms with Crippen LogP contribution in [0.3, 0.4) is 0 Å². The number of aliphatic hydroxyl groups excluding tert-OH is 1. The van der Waals surface area contributed by atoms with Crippen molar-refractivity contribution in [1.29, 1.82) is 0 Å². The van der Waals surface area contributed by atoms with Crippen LogP contribution in [-0.4, -0.2) is 58.5 Å². The van der Waals surface area contributed by atoms with Gasteiger partial charge in [-0.25, -0.2) is 4.79 Å². The average Bonchev–Trinajstić information content (AvgIpc) is 2.96. The number of allylic oxidation sites excluding steroid dienone is 2. The number of ether oxygens (including phenoxy) is 4. The molecule has 246 valence electrons. The molecule has 2 heterocycles. The Morgan fingerprint density at radius 3 is 2.40 bits per heavy atom. The number of hydrogen-bond acceptors (Lipinski definition) is 8. The van der Waals surface area contributed by atoms with Crippen LogP contribution in [0.2, 0.25) is 0 Å². The molecule has 11 nitrogen and oxygen atoms in total. The van der Waals surface area contributed by atoms with Crippen molar-refractivity contribution < 1.29 is 43.9 Å². The minimum absolute atomic E-state index is 0.142. The second-order valence-electron chi connectivity index (χ2n) is 11.1. The van der Waals surface area contributed by atoms with Gasteiger partial charge in [-0.05, 0) is 76.1 Å². The molecule has 2 aromatic carbocycles. The van der Waals surface area contributed by atoms with E-state index in [1.165, 1.54) is 6.07 Å². The highest BCUT2D eigenvalue weighted by Crippen LogP contribution is 2.38. The average molecular weight is 627 g/mol. The summed E-state index contributed by atoms with van der Waals surface area (Å²) in [5.41, 5.74) is 6.71. The predicted molar refractivity (Wildman–Crippen MR) is 172 cm³/mol. The second-order valence-corrected chi connectivity index (χ2v) is 11.1. The zero-order chi connectivity index (χ0) is 34.1. The number of nitrogens with one attached hydrogen (secondary N) is 1. The molecule has 0 spiro atoms. The highest BCUT2D eigenvalue weighted by molar-refractivity contribution is 5.97. The summed E-state index contributed by atoms with van der Waals surface area (Å²) in [6.07, 6.45) is 0.893. The SMILES string of the molecule is C=C1Oc2cc(OC3OC(C)(C)C(OC)C(C)[C@H]3O)ccc2C=C1NC(=O)c1ccc(O)c(CC=C(C)C)c1.CC.NC(=O)O. The summed E-state index contributed by atoms with van der Waals surface area (Å²) in [6.45, 7) is 17.6. The van der Waals surface area contributed by atoms with Crippen LogP contribution in [0.15, 0.2) is 66.1 Å². The van der Waals surface area contributed by atoms with Crippen molar-refractivity contribution in [3.8, 4) is 17.2 Å². The van der Waals surface area contributed by atoms with Gasteiger partial charge in [-0.3, -0.25) is 4.79 Å². The van der Waals surface area contributed by atoms with Crippen LogP contribution in [0.4, 0.5) is 4.79 Å². The van der Waals surface area contributed by atoms with Crippen molar-refractivity contribution in [3.05, 3.63) is 82.8 Å². The maximum atomic E-state index is 13.0. The Labute approximate surface area is 264 Å². The molecule has 2 amide bonds. The van der Waals surface area contributed by atoms with E-state index in [-0.39, 0.29) is 29.4 Å². The van der Waals surface area contributed by atoms with E-state index < -0.39 is 24.1 Å². The first-order valence-corrected chi connectivity index (χ1v) is 14.7. The number of benzene rings is 2. The van der Waals surface area contributed by atoms with Crippen molar-refractivity contribution in [2.24, 2.45) is 11.7 Å². The standard InChI is InChI=1S/C31H37NO7.C2H6.CH3NO2/c1-17(2)8-9-20-14-22(11-13-25(20)33)29(35)32-24-15-21-10-12-23(16-26(21)37-19(24)4)38-30-27(34)18(3)28(36-7)31(5,6)39-30;1-2;2-1(3)4/h8,10-16,18,27-28,30,33-34H,4,9H2,1-3,5-7H3,(H,32,35);1-2H3;2H2,(H,3,4)/t18?,27-,28?,30?;;/m1../s1. The Morgan fingerprint density at radius 1 is 1.16 bits per heavy atom. The lowest BCUT2D eigenvalue weighted by atomic mass is 9.83. The second kappa shape index (κ2) is 16.1. The molecule has 1 saturated heterocycles. The molecule has 0 radical (unpaired) electrons. The van der Waals surface area contributed by atoms with Gasteiger partial charge in [0.2, 0.25) is 6.29 Å². The molecule has 0 aromatic heterocycles. The molecule has 45 heavy (non-hydrogen) atoms. The van der Waals surface area contributed by atoms with Crippen LogP contribution >= 0.6 is 0 Å². The number of carboxylic acid groups (broad SMARTS) is 1. The Morgan fingerprint density at radius 2 is 1.80 bits per heavy atom. The number of phenols is 1. The van der Waals surface area contributed by atoms with E-state index in [2.05, 4.69) is 17.6 Å². The topological polar surface area (TPSA) is 170 Å². The van der Waals surface area contributed by atoms with Gasteiger partial charge in [-0.1, -0.05) is 39.0 Å². The first-order chi connectivity index (χ1) is 21.1. The van der Waals surface area contributed by atoms with Gasteiger partial charge in [0.15, 0.2) is 0 Å². The molecular formula is C34H46N2O9. The Balaban J connectivity index is 0.00000109. The van der Waals surface area contributed by atoms with Gasteiger partial charge in [0.05, 0.1) is 17.4 Å². The molecule has 3 unspecified atom stereocenters. The summed E-state index contributed by atoms with van der Waals surface area (Å²) in [5.74, 6) is 0.812. The van der Waals surface area contributed by atoms with Gasteiger partial charge in [-0.2, -0.15) is 0 Å². The van der Waals surface area contributed by atoms with Gasteiger partial charge in [0, 0.05) is 30.2 Å². The maximum absolute atomic E-state index is 13.0. The number of phenolic OH excluding ortho intramolecular Hbond substituents is 1. The van der Waals surface area contributed by atoms with Crippen LogP contribution in [0.1, 0.15) is 70.0 Å². The molecule has 0 bridgehead atoms. The fourth-order valence-electron chi connectivity index (χ4n) is 4.95. The number of nitrogens with two attached hydrogens (primary N) is 1. The molecule has 0 aliphatic carbocycles. The number of fused-ring (bicyclic) bond motifs is 1. The van der Waals surface area contributed by atoms with Crippen LogP contribution in [0.5, 0.6) is 17.2 Å². The molecule has 0 saturated carbocycles. The largest absolute Gasteiger partial charge is 0.508 e. The first-order valence-electron chi connectivity index (χ1n) is 14.7. The van der Waals surface area contributed by atoms with E-state index in [1.54, 1.807) is 43.5 Å². The van der Waals surface area contributed by atoms with Gasteiger partial charge in [0.1, 0.15) is 29.1 Å². The van der Waals surface area contributed by atoms with Crippen molar-refractivity contribution in [1.82, 2.24) is 5.32 Å². The van der Waals surface area contributed by atoms with Crippen molar-refractivity contribution >= 4 is 18.1 Å². The maximum Gasteiger partial charge on any atom is 0.402 e. The molecule has 4 atom stereocenters. The van der Waals surface area contributed by atoms with Crippen molar-refractivity contribution in [3.63, 3.8) is 0 Å². The third kappa shape index (κ3) is 9.84. The Kier molecular flexibility index (Phi) is 13.2. The normalized spacial score (nSPS) is 21.2. The van der Waals surface area contributed by atoms with Crippen molar-refractivity contribution in [2.45, 2.75) is 79.0 Å². The number of aliphatic hydroxyl groups is 1. The van der Waals surface area contributed by atoms with E-state index in [1.807, 2.05) is 54.5 Å². The van der Waals surface area contributed by atoms with Crippen molar-refractivity contribution in [2.75, 3.05) is 7.11 Å². The minimum atomic E-state index is -1.33. The Bertz CT molecular complexity index is 1420. The fourth-order valence-corrected chi connectivity index (χ4v) is 4.95. The number of carbonyl (C=O) groups excluding carboxylic acids is 1. The summed E-state index contributed by atoms with van der Waals surface area (Å²) in [7, 11) is 1.60. The summed E-state index contributed by atoms with van der Waals surface area (Å²) in [5, 5.41) is 31.0. The number of aromatic hydroxyl groups is 1. The summed E-state index contributed by atoms with van der Waals surface area (Å²) >= 11 is 0. The van der Waals surface area contributed by atoms with Gasteiger partial charge >= 0.3 is 6.09 Å². The zero-order valence-electron chi connectivity index (χ0n) is 27.2. The lowest BCUT2D eigenvalue weighted by Gasteiger charge is -2.47. The predicted octanol–water partition coefficient (Wildman–Crippen LogP) is 5.75. The number of methoxy groups -OCH3 is 1. The summed E-state index contributed by atoms with van der Waals surface area (Å²) in [6, 6.07) is 10.0. The number of primary amides is 1. The third-order valence-electron chi connectivity index (χ3n) is 7.04. The number of rotatable bonds is 7. The lowest BCUT2D eigenvalue weighted by Crippen LogP contribution is -2.60. The van der Waals surface area contributed by atoms with Crippen LogP contribution in [0, 0.1) is 5.92 Å². The fraction of sp³-hybridized carbons (Fsp3) is 0.412. The smallest absolute Gasteiger partial charge is 0.402 e. The molecular weight excluding hydrogens is 580 g/mol. The lowest BCUT2D eigenvalue weighted by molar-refractivity contribution is -0.291. The zero-order valence-corrected chi connectivity index (χ0v) is 27.2. The molecule has 2 aliphatic rings. The molecule has 2 aliphatic heterocycles. The first kappa shape index (κ1) is 36.9. The van der Waals surface area contributed by atoms with Gasteiger partial charge in [0.25, 0.3) is 5.91 Å². The van der Waals surface area contributed by atoms with E-state index in [9.17, 15) is 15.0 Å². The Hall–Kier alpha value is -4.32. The number of hydrogen-bond donors (Lipinski definition) is 5. The number of carbonyl (C=O) groups is 2. The molecule has 11 heteroatoms.